The van der Waals surface area contributed by atoms with Gasteiger partial charge in [-0.1, -0.05) is 19.1 Å². The van der Waals surface area contributed by atoms with Gasteiger partial charge in [-0.15, -0.1) is 0 Å². The van der Waals surface area contributed by atoms with Crippen molar-refractivity contribution >= 4 is 22.9 Å². The minimum Gasteiger partial charge on any atom is -0.481 e. The Hall–Kier alpha value is -4.64. The number of hydrogen-bond donors (Lipinski definition) is 2. The zero-order valence-corrected chi connectivity index (χ0v) is 20.2. The van der Waals surface area contributed by atoms with Crippen LogP contribution in [0.4, 0.5) is 4.39 Å². The zero-order chi connectivity index (χ0) is 26.4. The Morgan fingerprint density at radius 1 is 1.03 bits per heavy atom. The molecule has 2 N–H and O–H groups in total. The van der Waals surface area contributed by atoms with Crippen molar-refractivity contribution in [3.8, 4) is 17.3 Å². The molecule has 0 fully saturated rings. The van der Waals surface area contributed by atoms with E-state index < -0.39 is 11.9 Å². The summed E-state index contributed by atoms with van der Waals surface area (Å²) in [5.41, 5.74) is 4.95. The summed E-state index contributed by atoms with van der Waals surface area (Å²) in [6, 6.07) is 20.1. The van der Waals surface area contributed by atoms with Crippen LogP contribution in [0.25, 0.3) is 22.3 Å². The van der Waals surface area contributed by atoms with Crippen molar-refractivity contribution in [2.24, 2.45) is 5.92 Å². The van der Waals surface area contributed by atoms with Crippen molar-refractivity contribution in [2.75, 3.05) is 0 Å². The molecule has 186 valence electrons. The van der Waals surface area contributed by atoms with E-state index in [1.807, 2.05) is 0 Å². The first-order valence-electron chi connectivity index (χ1n) is 11.9. The Morgan fingerprint density at radius 2 is 1.76 bits per heavy atom. The summed E-state index contributed by atoms with van der Waals surface area (Å²) in [4.78, 5) is 33.5. The Bertz CT molecular complexity index is 1480. The Morgan fingerprint density at radius 3 is 2.43 bits per heavy atom. The third-order valence-corrected chi connectivity index (χ3v) is 6.12. The number of carbonyl (C=O) groups is 2. The molecule has 1 heterocycles. The number of carboxylic acid groups (broad SMARTS) is 1. The molecule has 0 radical (unpaired) electrons. The summed E-state index contributed by atoms with van der Waals surface area (Å²) in [5.74, 6) is -1.95. The van der Waals surface area contributed by atoms with Gasteiger partial charge < -0.3 is 10.4 Å². The number of hydrogen-bond acceptors (Lipinski definition) is 5. The number of benzene rings is 3. The maximum Gasteiger partial charge on any atom is 0.306 e. The quantitative estimate of drug-likeness (QED) is 0.326. The van der Waals surface area contributed by atoms with Gasteiger partial charge in [-0.25, -0.2) is 14.4 Å². The normalized spacial score (nSPS) is 11.6. The van der Waals surface area contributed by atoms with Crippen LogP contribution in [0.5, 0.6) is 0 Å². The number of fused-ring (bicyclic) bond motifs is 1. The number of nitrogens with one attached hydrogen (secondary N) is 1. The molecule has 7 nitrogen and oxygen atoms in total. The molecular weight excluding hydrogens is 471 g/mol. The van der Waals surface area contributed by atoms with E-state index >= 15 is 0 Å². The molecule has 0 saturated carbocycles. The number of amides is 1. The fourth-order valence-corrected chi connectivity index (χ4v) is 3.93. The molecule has 1 unspecified atom stereocenters. The number of aryl methyl sites for hydroxylation is 1. The number of aliphatic carboxylic acids is 1. The van der Waals surface area contributed by atoms with Gasteiger partial charge >= 0.3 is 5.97 Å². The van der Waals surface area contributed by atoms with Gasteiger partial charge in [0, 0.05) is 17.7 Å². The van der Waals surface area contributed by atoms with Gasteiger partial charge in [-0.05, 0) is 79.4 Å². The van der Waals surface area contributed by atoms with Gasteiger partial charge in [0.2, 0.25) is 0 Å². The van der Waals surface area contributed by atoms with Crippen molar-refractivity contribution in [3.63, 3.8) is 0 Å². The predicted octanol–water partition coefficient (Wildman–Crippen LogP) is 5.28. The zero-order valence-electron chi connectivity index (χ0n) is 20.2. The van der Waals surface area contributed by atoms with Crippen LogP contribution in [0.2, 0.25) is 0 Å². The highest BCUT2D eigenvalue weighted by molar-refractivity contribution is 5.97. The third-order valence-electron chi connectivity index (χ3n) is 6.12. The molecule has 8 heteroatoms. The molecule has 1 aromatic heterocycles. The second-order valence-corrected chi connectivity index (χ2v) is 8.85. The summed E-state index contributed by atoms with van der Waals surface area (Å²) in [6.07, 6.45) is 1.56. The maximum absolute atomic E-state index is 13.5. The summed E-state index contributed by atoms with van der Waals surface area (Å²) in [7, 11) is 0. The predicted molar refractivity (Wildman–Crippen MR) is 137 cm³/mol. The molecule has 4 aromatic rings. The summed E-state index contributed by atoms with van der Waals surface area (Å²) in [6.45, 7) is 1.98. The highest BCUT2D eigenvalue weighted by Gasteiger charge is 2.16. The van der Waals surface area contributed by atoms with E-state index in [0.29, 0.717) is 64.9 Å². The van der Waals surface area contributed by atoms with Gasteiger partial charge in [0.1, 0.15) is 5.82 Å². The minimum absolute atomic E-state index is 0.271. The number of nitrogens with zero attached hydrogens (tertiary/aromatic N) is 3. The Balaban J connectivity index is 1.59. The first-order chi connectivity index (χ1) is 17.8. The van der Waals surface area contributed by atoms with Crippen LogP contribution in [0.1, 0.15) is 46.9 Å². The van der Waals surface area contributed by atoms with Crippen molar-refractivity contribution in [2.45, 2.75) is 32.7 Å². The molecule has 0 aliphatic carbocycles. The fourth-order valence-electron chi connectivity index (χ4n) is 3.93. The second kappa shape index (κ2) is 11.4. The molecule has 0 aliphatic heterocycles. The number of nitriles is 1. The maximum atomic E-state index is 13.5. The van der Waals surface area contributed by atoms with Crippen molar-refractivity contribution < 1.29 is 19.1 Å². The standard InChI is InChI=1S/C29H25FN4O3/c1-18(29(36)37)3-2-4-25-27(21-9-12-23(30)13-10-21)34-24-14-11-22(15-26(24)33-25)28(35)32-17-20-7-5-19(16-31)6-8-20/h5-15,18H,2-4,17H2,1H3,(H,32,35)(H,36,37). The van der Waals surface area contributed by atoms with E-state index in [2.05, 4.69) is 11.4 Å². The summed E-state index contributed by atoms with van der Waals surface area (Å²) in [5, 5.41) is 21.0. The van der Waals surface area contributed by atoms with E-state index in [0.717, 1.165) is 5.56 Å². The second-order valence-electron chi connectivity index (χ2n) is 8.85. The largest absolute Gasteiger partial charge is 0.481 e. The molecular formula is C29H25FN4O3. The fraction of sp³-hybridized carbons (Fsp3) is 0.207. The first kappa shape index (κ1) is 25.5. The van der Waals surface area contributed by atoms with Crippen LogP contribution in [0.15, 0.2) is 66.7 Å². The highest BCUT2D eigenvalue weighted by atomic mass is 19.1. The van der Waals surface area contributed by atoms with E-state index in [1.165, 1.54) is 12.1 Å². The molecule has 4 rings (SSSR count). The Kier molecular flexibility index (Phi) is 7.84. The lowest BCUT2D eigenvalue weighted by atomic mass is 10.0. The number of rotatable bonds is 9. The van der Waals surface area contributed by atoms with Crippen LogP contribution in [0.3, 0.4) is 0 Å². The molecule has 3 aromatic carbocycles. The molecule has 1 atom stereocenters. The van der Waals surface area contributed by atoms with Crippen LogP contribution in [-0.4, -0.2) is 27.0 Å². The van der Waals surface area contributed by atoms with Crippen LogP contribution in [0, 0.1) is 23.1 Å². The van der Waals surface area contributed by atoms with Gasteiger partial charge in [0.15, 0.2) is 0 Å². The topological polar surface area (TPSA) is 116 Å². The van der Waals surface area contributed by atoms with Gasteiger partial charge in [0.25, 0.3) is 5.91 Å². The smallest absolute Gasteiger partial charge is 0.306 e. The average Bonchev–Trinajstić information content (AvgIpc) is 2.91. The van der Waals surface area contributed by atoms with E-state index in [9.17, 15) is 19.1 Å². The highest BCUT2D eigenvalue weighted by Crippen LogP contribution is 2.26. The number of halogens is 1. The van der Waals surface area contributed by atoms with Crippen molar-refractivity contribution in [1.29, 1.82) is 5.26 Å². The lowest BCUT2D eigenvalue weighted by Gasteiger charge is -2.12. The summed E-state index contributed by atoms with van der Waals surface area (Å²) >= 11 is 0. The van der Waals surface area contributed by atoms with Crippen LogP contribution < -0.4 is 5.32 Å². The lowest BCUT2D eigenvalue weighted by molar-refractivity contribution is -0.141. The Labute approximate surface area is 213 Å². The van der Waals surface area contributed by atoms with Crippen molar-refractivity contribution in [3.05, 3.63) is 94.9 Å². The van der Waals surface area contributed by atoms with E-state index in [4.69, 9.17) is 15.2 Å². The van der Waals surface area contributed by atoms with Gasteiger partial charge in [-0.2, -0.15) is 5.26 Å². The SMILES string of the molecule is CC(CCCc1nc2cc(C(=O)NCc3ccc(C#N)cc3)ccc2nc1-c1ccc(F)cc1)C(=O)O. The minimum atomic E-state index is -0.847. The van der Waals surface area contributed by atoms with E-state index in [-0.39, 0.29) is 11.7 Å². The van der Waals surface area contributed by atoms with E-state index in [1.54, 1.807) is 61.5 Å². The first-order valence-corrected chi connectivity index (χ1v) is 11.9. The lowest BCUT2D eigenvalue weighted by Crippen LogP contribution is -2.22. The monoisotopic (exact) mass is 496 g/mol. The van der Waals surface area contributed by atoms with Crippen molar-refractivity contribution in [1.82, 2.24) is 15.3 Å². The third kappa shape index (κ3) is 6.33. The molecule has 0 saturated heterocycles. The summed E-state index contributed by atoms with van der Waals surface area (Å²) < 4.78 is 13.5. The molecule has 0 bridgehead atoms. The van der Waals surface area contributed by atoms with Gasteiger partial charge in [0.05, 0.1) is 40.0 Å². The number of carboxylic acids is 1. The number of carbonyl (C=O) groups excluding carboxylic acids is 1. The van der Waals surface area contributed by atoms with Gasteiger partial charge in [-0.3, -0.25) is 9.59 Å². The number of aromatic nitrogens is 2. The molecule has 37 heavy (non-hydrogen) atoms. The average molecular weight is 497 g/mol. The molecule has 1 amide bonds. The van der Waals surface area contributed by atoms with Crippen LogP contribution in [-0.2, 0) is 17.8 Å². The molecule has 0 spiro atoms. The van der Waals surface area contributed by atoms with Crippen LogP contribution >= 0.6 is 0 Å². The molecule has 0 aliphatic rings.